The first kappa shape index (κ1) is 16.0. The van der Waals surface area contributed by atoms with Crippen LogP contribution in [0.2, 0.25) is 0 Å². The van der Waals surface area contributed by atoms with E-state index in [9.17, 15) is 9.59 Å². The highest BCUT2D eigenvalue weighted by Gasteiger charge is 2.54. The first-order valence-corrected chi connectivity index (χ1v) is 7.15. The van der Waals surface area contributed by atoms with E-state index in [0.717, 1.165) is 19.3 Å². The molecule has 0 heterocycles. The average molecular weight is 270 g/mol. The van der Waals surface area contributed by atoms with Crippen molar-refractivity contribution < 1.29 is 19.1 Å². The molecule has 0 aromatic heterocycles. The Labute approximate surface area is 115 Å². The van der Waals surface area contributed by atoms with Gasteiger partial charge in [-0.3, -0.25) is 9.59 Å². The molecule has 1 rings (SSSR count). The van der Waals surface area contributed by atoms with Crippen molar-refractivity contribution in [2.75, 3.05) is 6.61 Å². The van der Waals surface area contributed by atoms with Crippen LogP contribution in [0.3, 0.4) is 0 Å². The van der Waals surface area contributed by atoms with Crippen molar-refractivity contribution in [3.05, 3.63) is 0 Å². The van der Waals surface area contributed by atoms with E-state index in [1.54, 1.807) is 0 Å². The van der Waals surface area contributed by atoms with Crippen LogP contribution in [0.5, 0.6) is 0 Å². The molecule has 1 aliphatic carbocycles. The fourth-order valence-corrected chi connectivity index (χ4v) is 2.87. The fourth-order valence-electron chi connectivity index (χ4n) is 2.87. The second-order valence-corrected chi connectivity index (χ2v) is 6.18. The monoisotopic (exact) mass is 270 g/mol. The first-order chi connectivity index (χ1) is 8.80. The minimum atomic E-state index is -0.666. The van der Waals surface area contributed by atoms with E-state index in [4.69, 9.17) is 9.47 Å². The van der Waals surface area contributed by atoms with Gasteiger partial charge >= 0.3 is 11.9 Å². The minimum absolute atomic E-state index is 0.0963. The molecule has 0 aromatic carbocycles. The number of rotatable bonds is 5. The summed E-state index contributed by atoms with van der Waals surface area (Å²) in [5.74, 6) is -0.130. The molecule has 0 bridgehead atoms. The Hall–Kier alpha value is -1.06. The van der Waals surface area contributed by atoms with Gasteiger partial charge in [-0.15, -0.1) is 0 Å². The maximum atomic E-state index is 12.5. The molecule has 110 valence electrons. The van der Waals surface area contributed by atoms with Crippen LogP contribution >= 0.6 is 0 Å². The summed E-state index contributed by atoms with van der Waals surface area (Å²) in [5.41, 5.74) is -0.666. The Bertz CT molecular complexity index is 335. The molecule has 0 amide bonds. The molecule has 4 nitrogen and oxygen atoms in total. The molecule has 1 aliphatic rings. The molecule has 0 aliphatic heterocycles. The van der Waals surface area contributed by atoms with Crippen LogP contribution in [0.25, 0.3) is 0 Å². The third-order valence-electron chi connectivity index (χ3n) is 3.90. The topological polar surface area (TPSA) is 52.6 Å². The molecular weight excluding hydrogens is 244 g/mol. The SMILES string of the molecule is CC(=O)OC1CCCC1(C(=O)OCC(C)C)C(C)C. The van der Waals surface area contributed by atoms with Gasteiger partial charge in [0.15, 0.2) is 0 Å². The second-order valence-electron chi connectivity index (χ2n) is 6.18. The standard InChI is InChI=1S/C15H26O4/c1-10(2)9-18-14(17)15(11(3)4)8-6-7-13(15)19-12(5)16/h10-11,13H,6-9H2,1-5H3. The minimum Gasteiger partial charge on any atom is -0.465 e. The maximum absolute atomic E-state index is 12.5. The fraction of sp³-hybridized carbons (Fsp3) is 0.867. The number of carbonyl (C=O) groups is 2. The second kappa shape index (κ2) is 6.40. The molecule has 2 atom stereocenters. The van der Waals surface area contributed by atoms with Gasteiger partial charge in [0.25, 0.3) is 0 Å². The summed E-state index contributed by atoms with van der Waals surface area (Å²) in [6.07, 6.45) is 2.03. The predicted octanol–water partition coefficient (Wildman–Crippen LogP) is 2.94. The Kier molecular flexibility index (Phi) is 5.39. The van der Waals surface area contributed by atoms with Crippen LogP contribution in [0.4, 0.5) is 0 Å². The van der Waals surface area contributed by atoms with Gasteiger partial charge in [-0.25, -0.2) is 0 Å². The van der Waals surface area contributed by atoms with Crippen molar-refractivity contribution in [1.82, 2.24) is 0 Å². The molecular formula is C15H26O4. The van der Waals surface area contributed by atoms with Gasteiger partial charge in [0.1, 0.15) is 11.5 Å². The lowest BCUT2D eigenvalue weighted by Gasteiger charge is -2.36. The van der Waals surface area contributed by atoms with Gasteiger partial charge in [0.2, 0.25) is 0 Å². The van der Waals surface area contributed by atoms with Gasteiger partial charge in [-0.1, -0.05) is 27.7 Å². The lowest BCUT2D eigenvalue weighted by molar-refractivity contribution is -0.174. The predicted molar refractivity (Wildman–Crippen MR) is 72.5 cm³/mol. The third kappa shape index (κ3) is 3.48. The Morgan fingerprint density at radius 3 is 2.37 bits per heavy atom. The zero-order valence-corrected chi connectivity index (χ0v) is 12.7. The first-order valence-electron chi connectivity index (χ1n) is 7.15. The van der Waals surface area contributed by atoms with E-state index >= 15 is 0 Å². The Balaban J connectivity index is 2.89. The third-order valence-corrected chi connectivity index (χ3v) is 3.90. The molecule has 4 heteroatoms. The molecule has 2 unspecified atom stereocenters. The zero-order valence-electron chi connectivity index (χ0n) is 12.7. The highest BCUT2D eigenvalue weighted by atomic mass is 16.6. The van der Waals surface area contributed by atoms with Crippen molar-refractivity contribution in [2.45, 2.75) is 60.0 Å². The van der Waals surface area contributed by atoms with Crippen LogP contribution in [0.15, 0.2) is 0 Å². The van der Waals surface area contributed by atoms with Gasteiger partial charge in [-0.2, -0.15) is 0 Å². The summed E-state index contributed by atoms with van der Waals surface area (Å²) >= 11 is 0. The number of hydrogen-bond donors (Lipinski definition) is 0. The highest BCUT2D eigenvalue weighted by Crippen LogP contribution is 2.47. The van der Waals surface area contributed by atoms with E-state index in [2.05, 4.69) is 0 Å². The van der Waals surface area contributed by atoms with Crippen LogP contribution in [0, 0.1) is 17.3 Å². The number of carbonyl (C=O) groups excluding carboxylic acids is 2. The summed E-state index contributed by atoms with van der Waals surface area (Å²) in [5, 5.41) is 0. The summed E-state index contributed by atoms with van der Waals surface area (Å²) in [7, 11) is 0. The zero-order chi connectivity index (χ0) is 14.6. The van der Waals surface area contributed by atoms with Crippen LogP contribution in [-0.2, 0) is 19.1 Å². The molecule has 0 spiro atoms. The number of esters is 2. The van der Waals surface area contributed by atoms with Gasteiger partial charge < -0.3 is 9.47 Å². The van der Waals surface area contributed by atoms with Gasteiger partial charge in [0.05, 0.1) is 6.61 Å². The van der Waals surface area contributed by atoms with Crippen LogP contribution in [-0.4, -0.2) is 24.6 Å². The summed E-state index contributed by atoms with van der Waals surface area (Å²) < 4.78 is 10.8. The van der Waals surface area contributed by atoms with Gasteiger partial charge in [0, 0.05) is 6.92 Å². The largest absolute Gasteiger partial charge is 0.465 e. The van der Waals surface area contributed by atoms with E-state index in [0.29, 0.717) is 12.5 Å². The maximum Gasteiger partial charge on any atom is 0.316 e. The molecule has 0 aromatic rings. The van der Waals surface area contributed by atoms with Crippen molar-refractivity contribution in [3.63, 3.8) is 0 Å². The molecule has 1 fully saturated rings. The molecule has 0 radical (unpaired) electrons. The number of hydrogen-bond acceptors (Lipinski definition) is 4. The van der Waals surface area contributed by atoms with Crippen molar-refractivity contribution in [2.24, 2.45) is 17.3 Å². The van der Waals surface area contributed by atoms with E-state index in [1.807, 2.05) is 27.7 Å². The van der Waals surface area contributed by atoms with Crippen LogP contribution < -0.4 is 0 Å². The van der Waals surface area contributed by atoms with Crippen molar-refractivity contribution in [3.8, 4) is 0 Å². The Morgan fingerprint density at radius 1 is 1.26 bits per heavy atom. The molecule has 0 saturated heterocycles. The molecule has 19 heavy (non-hydrogen) atoms. The highest BCUT2D eigenvalue weighted by molar-refractivity contribution is 5.79. The molecule has 1 saturated carbocycles. The Morgan fingerprint density at radius 2 is 1.89 bits per heavy atom. The van der Waals surface area contributed by atoms with E-state index in [-0.39, 0.29) is 24.0 Å². The van der Waals surface area contributed by atoms with Crippen molar-refractivity contribution in [1.29, 1.82) is 0 Å². The lowest BCUT2D eigenvalue weighted by Crippen LogP contribution is -2.46. The summed E-state index contributed by atoms with van der Waals surface area (Å²) in [4.78, 5) is 23.7. The van der Waals surface area contributed by atoms with Gasteiger partial charge in [-0.05, 0) is 31.1 Å². The smallest absolute Gasteiger partial charge is 0.316 e. The summed E-state index contributed by atoms with van der Waals surface area (Å²) in [6.45, 7) is 9.82. The van der Waals surface area contributed by atoms with Crippen molar-refractivity contribution >= 4 is 11.9 Å². The molecule has 0 N–H and O–H groups in total. The van der Waals surface area contributed by atoms with E-state index < -0.39 is 5.41 Å². The quantitative estimate of drug-likeness (QED) is 0.721. The lowest BCUT2D eigenvalue weighted by atomic mass is 9.74. The normalized spacial score (nSPS) is 26.8. The number of ether oxygens (including phenoxy) is 2. The van der Waals surface area contributed by atoms with E-state index in [1.165, 1.54) is 6.92 Å². The summed E-state index contributed by atoms with van der Waals surface area (Å²) in [6, 6.07) is 0. The average Bonchev–Trinajstić information content (AvgIpc) is 2.69. The van der Waals surface area contributed by atoms with Crippen LogP contribution in [0.1, 0.15) is 53.9 Å².